The van der Waals surface area contributed by atoms with Crippen LogP contribution in [0.5, 0.6) is 0 Å². The van der Waals surface area contributed by atoms with E-state index in [2.05, 4.69) is 63.7 Å². The van der Waals surface area contributed by atoms with E-state index < -0.39 is 0 Å². The molecule has 1 unspecified atom stereocenters. The molecular weight excluding hydrogens is 328 g/mol. The second-order valence-electron chi connectivity index (χ2n) is 6.93. The number of hydrogen-bond acceptors (Lipinski definition) is 5. The van der Waals surface area contributed by atoms with Crippen LogP contribution in [0.3, 0.4) is 0 Å². The summed E-state index contributed by atoms with van der Waals surface area (Å²) in [5.74, 6) is 2.38. The summed E-state index contributed by atoms with van der Waals surface area (Å²) < 4.78 is 1.74. The van der Waals surface area contributed by atoms with E-state index in [0.29, 0.717) is 19.1 Å². The molecule has 0 aliphatic carbocycles. The smallest absolute Gasteiger partial charge is 0.191 e. The van der Waals surface area contributed by atoms with E-state index in [1.165, 1.54) is 6.42 Å². The zero-order valence-corrected chi connectivity index (χ0v) is 16.6. The standard InChI is InChI=1S/C18H32N8/c1-6-19-18(25-14(4)8-7-13(2)3)21-10-9-20-16-15-11-24-26(5)17(15)23-12-22-16/h11-14H,6-10H2,1-5H3,(H2,19,21,25)(H,20,22,23). The minimum Gasteiger partial charge on any atom is -0.367 e. The van der Waals surface area contributed by atoms with Crippen LogP contribution in [-0.2, 0) is 7.05 Å². The fourth-order valence-corrected chi connectivity index (χ4v) is 2.65. The van der Waals surface area contributed by atoms with Crippen molar-refractivity contribution in [1.82, 2.24) is 30.4 Å². The number of aliphatic imine (C=N–C) groups is 1. The summed E-state index contributed by atoms with van der Waals surface area (Å²) in [6.45, 7) is 11.0. The van der Waals surface area contributed by atoms with Crippen LogP contribution in [0, 0.1) is 5.92 Å². The van der Waals surface area contributed by atoms with Gasteiger partial charge in [-0.3, -0.25) is 9.67 Å². The van der Waals surface area contributed by atoms with Gasteiger partial charge < -0.3 is 16.0 Å². The van der Waals surface area contributed by atoms with Gasteiger partial charge in [0.15, 0.2) is 11.6 Å². The van der Waals surface area contributed by atoms with Crippen molar-refractivity contribution < 1.29 is 0 Å². The van der Waals surface area contributed by atoms with Gasteiger partial charge in [0.05, 0.1) is 18.1 Å². The molecule has 0 aromatic carbocycles. The Bertz CT molecular complexity index is 706. The van der Waals surface area contributed by atoms with Gasteiger partial charge in [0.1, 0.15) is 12.1 Å². The van der Waals surface area contributed by atoms with Crippen LogP contribution in [0.25, 0.3) is 11.0 Å². The summed E-state index contributed by atoms with van der Waals surface area (Å²) in [6.07, 6.45) is 5.69. The van der Waals surface area contributed by atoms with Gasteiger partial charge in [0, 0.05) is 26.2 Å². The highest BCUT2D eigenvalue weighted by Crippen LogP contribution is 2.17. The molecule has 3 N–H and O–H groups in total. The van der Waals surface area contributed by atoms with E-state index in [1.54, 1.807) is 17.2 Å². The number of nitrogens with one attached hydrogen (secondary N) is 3. The average molecular weight is 361 g/mol. The van der Waals surface area contributed by atoms with Gasteiger partial charge in [0.25, 0.3) is 0 Å². The summed E-state index contributed by atoms with van der Waals surface area (Å²) in [7, 11) is 1.87. The second kappa shape index (κ2) is 9.94. The van der Waals surface area contributed by atoms with Crippen LogP contribution in [0.1, 0.15) is 40.5 Å². The van der Waals surface area contributed by atoms with Crippen molar-refractivity contribution in [3.8, 4) is 0 Å². The molecule has 0 amide bonds. The second-order valence-corrected chi connectivity index (χ2v) is 6.93. The molecule has 1 atom stereocenters. The van der Waals surface area contributed by atoms with Crippen molar-refractivity contribution in [3.63, 3.8) is 0 Å². The monoisotopic (exact) mass is 360 g/mol. The Kier molecular flexibility index (Phi) is 7.62. The molecule has 2 rings (SSSR count). The third-order valence-corrected chi connectivity index (χ3v) is 4.11. The number of nitrogens with zero attached hydrogens (tertiary/aromatic N) is 5. The molecule has 2 aromatic rings. The zero-order valence-electron chi connectivity index (χ0n) is 16.6. The van der Waals surface area contributed by atoms with Gasteiger partial charge in [0.2, 0.25) is 0 Å². The summed E-state index contributed by atoms with van der Waals surface area (Å²) in [5.41, 5.74) is 0.819. The maximum absolute atomic E-state index is 4.65. The van der Waals surface area contributed by atoms with E-state index in [9.17, 15) is 0 Å². The normalized spacial score (nSPS) is 13.2. The number of guanidine groups is 1. The fraction of sp³-hybridized carbons (Fsp3) is 0.667. The lowest BCUT2D eigenvalue weighted by atomic mass is 10.0. The maximum atomic E-state index is 4.65. The molecule has 0 spiro atoms. The number of aromatic nitrogens is 4. The minimum absolute atomic E-state index is 0.403. The fourth-order valence-electron chi connectivity index (χ4n) is 2.65. The summed E-state index contributed by atoms with van der Waals surface area (Å²) in [4.78, 5) is 13.2. The molecule has 0 aliphatic rings. The van der Waals surface area contributed by atoms with E-state index >= 15 is 0 Å². The third-order valence-electron chi connectivity index (χ3n) is 4.11. The maximum Gasteiger partial charge on any atom is 0.191 e. The lowest BCUT2D eigenvalue weighted by Gasteiger charge is -2.18. The summed E-state index contributed by atoms with van der Waals surface area (Å²) in [6, 6.07) is 0.403. The van der Waals surface area contributed by atoms with Crippen molar-refractivity contribution in [2.24, 2.45) is 18.0 Å². The molecule has 8 heteroatoms. The van der Waals surface area contributed by atoms with E-state index in [4.69, 9.17) is 0 Å². The number of hydrogen-bond donors (Lipinski definition) is 3. The van der Waals surface area contributed by atoms with Crippen LogP contribution in [0.15, 0.2) is 17.5 Å². The van der Waals surface area contributed by atoms with E-state index in [-0.39, 0.29) is 0 Å². The van der Waals surface area contributed by atoms with Crippen LogP contribution in [-0.4, -0.2) is 51.4 Å². The molecule has 0 bridgehead atoms. The van der Waals surface area contributed by atoms with Crippen LogP contribution < -0.4 is 16.0 Å². The van der Waals surface area contributed by atoms with Crippen molar-refractivity contribution >= 4 is 22.8 Å². The van der Waals surface area contributed by atoms with Crippen molar-refractivity contribution in [3.05, 3.63) is 12.5 Å². The van der Waals surface area contributed by atoms with Crippen molar-refractivity contribution in [2.45, 2.75) is 46.6 Å². The van der Waals surface area contributed by atoms with E-state index in [1.807, 2.05) is 7.05 Å². The van der Waals surface area contributed by atoms with Crippen molar-refractivity contribution in [2.75, 3.05) is 25.0 Å². The average Bonchev–Trinajstić information content (AvgIpc) is 2.99. The number of anilines is 1. The zero-order chi connectivity index (χ0) is 18.9. The predicted octanol–water partition coefficient (Wildman–Crippen LogP) is 2.15. The Morgan fingerprint density at radius 3 is 2.77 bits per heavy atom. The number of rotatable bonds is 9. The SMILES string of the molecule is CCNC(=NCCNc1ncnc2c1cnn2C)NC(C)CCC(C)C. The Hall–Kier alpha value is -2.38. The lowest BCUT2D eigenvalue weighted by molar-refractivity contribution is 0.489. The molecule has 26 heavy (non-hydrogen) atoms. The first-order chi connectivity index (χ1) is 12.5. The molecule has 0 radical (unpaired) electrons. The molecule has 8 nitrogen and oxygen atoms in total. The highest BCUT2D eigenvalue weighted by atomic mass is 15.3. The predicted molar refractivity (Wildman–Crippen MR) is 107 cm³/mol. The highest BCUT2D eigenvalue weighted by molar-refractivity contribution is 5.86. The first kappa shape index (κ1) is 19.9. The largest absolute Gasteiger partial charge is 0.367 e. The van der Waals surface area contributed by atoms with Crippen LogP contribution in [0.2, 0.25) is 0 Å². The van der Waals surface area contributed by atoms with E-state index in [0.717, 1.165) is 41.7 Å². The Labute approximate surface area is 155 Å². The van der Waals surface area contributed by atoms with Gasteiger partial charge in [-0.1, -0.05) is 13.8 Å². The quantitative estimate of drug-likeness (QED) is 0.360. The molecule has 0 fully saturated rings. The van der Waals surface area contributed by atoms with Gasteiger partial charge in [-0.25, -0.2) is 9.97 Å². The van der Waals surface area contributed by atoms with Gasteiger partial charge in [-0.2, -0.15) is 5.10 Å². The van der Waals surface area contributed by atoms with Gasteiger partial charge >= 0.3 is 0 Å². The lowest BCUT2D eigenvalue weighted by Crippen LogP contribution is -2.42. The highest BCUT2D eigenvalue weighted by Gasteiger charge is 2.08. The van der Waals surface area contributed by atoms with Crippen molar-refractivity contribution in [1.29, 1.82) is 0 Å². The third kappa shape index (κ3) is 5.86. The number of fused-ring (bicyclic) bond motifs is 1. The Morgan fingerprint density at radius 2 is 2.04 bits per heavy atom. The Morgan fingerprint density at radius 1 is 1.23 bits per heavy atom. The van der Waals surface area contributed by atoms with Crippen LogP contribution >= 0.6 is 0 Å². The molecule has 2 aromatic heterocycles. The first-order valence-electron chi connectivity index (χ1n) is 9.42. The molecule has 144 valence electrons. The summed E-state index contributed by atoms with van der Waals surface area (Å²) >= 11 is 0. The molecule has 0 aliphatic heterocycles. The number of aryl methyl sites for hydroxylation is 1. The summed E-state index contributed by atoms with van der Waals surface area (Å²) in [5, 5.41) is 15.3. The molecular formula is C18H32N8. The first-order valence-corrected chi connectivity index (χ1v) is 9.42. The van der Waals surface area contributed by atoms with Gasteiger partial charge in [-0.15, -0.1) is 0 Å². The minimum atomic E-state index is 0.403. The molecule has 0 saturated carbocycles. The molecule has 2 heterocycles. The Balaban J connectivity index is 1.87. The van der Waals surface area contributed by atoms with Crippen LogP contribution in [0.4, 0.5) is 5.82 Å². The van der Waals surface area contributed by atoms with Gasteiger partial charge in [-0.05, 0) is 32.6 Å². The topological polar surface area (TPSA) is 92.1 Å². The molecule has 0 saturated heterocycles.